The topological polar surface area (TPSA) is 52.6 Å². The average molecular weight is 308 g/mol. The number of hydrogen-bond acceptors (Lipinski definition) is 4. The van der Waals surface area contributed by atoms with Crippen LogP contribution in [-0.4, -0.2) is 24.1 Å². The van der Waals surface area contributed by atoms with E-state index in [9.17, 15) is 9.59 Å². The number of ether oxygens (including phenoxy) is 2. The molecule has 4 unspecified atom stereocenters. The highest BCUT2D eigenvalue weighted by molar-refractivity contribution is 5.91. The van der Waals surface area contributed by atoms with Crippen LogP contribution in [0.5, 0.6) is 0 Å². The van der Waals surface area contributed by atoms with Gasteiger partial charge in [-0.1, -0.05) is 26.7 Å². The third-order valence-corrected chi connectivity index (χ3v) is 4.96. The summed E-state index contributed by atoms with van der Waals surface area (Å²) in [4.78, 5) is 23.6. The lowest BCUT2D eigenvalue weighted by Gasteiger charge is -2.28. The van der Waals surface area contributed by atoms with Gasteiger partial charge in [-0.15, -0.1) is 0 Å². The lowest BCUT2D eigenvalue weighted by Crippen LogP contribution is -2.28. The van der Waals surface area contributed by atoms with Crippen LogP contribution >= 0.6 is 0 Å². The van der Waals surface area contributed by atoms with Gasteiger partial charge in [0.1, 0.15) is 12.2 Å². The van der Waals surface area contributed by atoms with E-state index >= 15 is 0 Å². The predicted molar refractivity (Wildman–Crippen MR) is 84.2 cm³/mol. The third kappa shape index (κ3) is 5.15. The van der Waals surface area contributed by atoms with Gasteiger partial charge in [-0.2, -0.15) is 0 Å². The Kier molecular flexibility index (Phi) is 6.47. The summed E-state index contributed by atoms with van der Waals surface area (Å²) in [6, 6.07) is 0. The first-order chi connectivity index (χ1) is 10.6. The van der Waals surface area contributed by atoms with Crippen molar-refractivity contribution in [1.29, 1.82) is 0 Å². The van der Waals surface area contributed by atoms with Crippen LogP contribution in [0.3, 0.4) is 0 Å². The fourth-order valence-corrected chi connectivity index (χ4v) is 3.43. The number of carbonyl (C=O) groups excluding carboxylic acids is 2. The van der Waals surface area contributed by atoms with E-state index in [1.54, 1.807) is 0 Å². The second-order valence-corrected chi connectivity index (χ2v) is 6.81. The van der Waals surface area contributed by atoms with Gasteiger partial charge >= 0.3 is 11.9 Å². The second kappa shape index (κ2) is 8.35. The van der Waals surface area contributed by atoms with Gasteiger partial charge in [0, 0.05) is 12.2 Å². The molecule has 4 atom stereocenters. The minimum atomic E-state index is -0.438. The standard InChI is InChI=1S/C18H28O4/c1-13-7-3-5-9-15(13)21-17(19)11-12-18(20)22-16-10-6-4-8-14(16)2/h11-16H,3-10H2,1-2H3/b12-11+. The van der Waals surface area contributed by atoms with Gasteiger partial charge in [0.2, 0.25) is 0 Å². The van der Waals surface area contributed by atoms with Gasteiger partial charge in [-0.3, -0.25) is 0 Å². The van der Waals surface area contributed by atoms with Crippen molar-refractivity contribution in [3.05, 3.63) is 12.2 Å². The molecule has 0 amide bonds. The van der Waals surface area contributed by atoms with Crippen LogP contribution < -0.4 is 0 Å². The Bertz CT molecular complexity index is 377. The fourth-order valence-electron chi connectivity index (χ4n) is 3.43. The maximum Gasteiger partial charge on any atom is 0.331 e. The zero-order valence-electron chi connectivity index (χ0n) is 13.8. The lowest BCUT2D eigenvalue weighted by molar-refractivity contribution is -0.149. The van der Waals surface area contributed by atoms with Gasteiger partial charge < -0.3 is 9.47 Å². The van der Waals surface area contributed by atoms with E-state index in [1.165, 1.54) is 25.0 Å². The number of hydrogen-bond donors (Lipinski definition) is 0. The van der Waals surface area contributed by atoms with Crippen molar-refractivity contribution in [3.8, 4) is 0 Å². The molecule has 0 N–H and O–H groups in total. The summed E-state index contributed by atoms with van der Waals surface area (Å²) in [6.07, 6.45) is 11.0. The summed E-state index contributed by atoms with van der Waals surface area (Å²) >= 11 is 0. The summed E-state index contributed by atoms with van der Waals surface area (Å²) < 4.78 is 10.9. The molecule has 2 aliphatic rings. The van der Waals surface area contributed by atoms with E-state index in [-0.39, 0.29) is 12.2 Å². The zero-order valence-corrected chi connectivity index (χ0v) is 13.8. The van der Waals surface area contributed by atoms with Crippen molar-refractivity contribution in [2.75, 3.05) is 0 Å². The highest BCUT2D eigenvalue weighted by Crippen LogP contribution is 2.27. The summed E-state index contributed by atoms with van der Waals surface area (Å²) in [7, 11) is 0. The van der Waals surface area contributed by atoms with Crippen molar-refractivity contribution >= 4 is 11.9 Å². The maximum absolute atomic E-state index is 11.8. The van der Waals surface area contributed by atoms with Crippen LogP contribution in [0, 0.1) is 11.8 Å². The van der Waals surface area contributed by atoms with E-state index < -0.39 is 11.9 Å². The van der Waals surface area contributed by atoms with Crippen LogP contribution in [0.15, 0.2) is 12.2 Å². The quantitative estimate of drug-likeness (QED) is 0.586. The monoisotopic (exact) mass is 308 g/mol. The summed E-state index contributed by atoms with van der Waals surface area (Å²) in [5.74, 6) is -0.0675. The molecule has 2 rings (SSSR count). The first kappa shape index (κ1) is 17.0. The first-order valence-electron chi connectivity index (χ1n) is 8.65. The summed E-state index contributed by atoms with van der Waals surface area (Å²) in [5, 5.41) is 0. The molecule has 0 spiro atoms. The molecule has 0 aromatic heterocycles. The number of rotatable bonds is 4. The molecule has 4 heteroatoms. The fraction of sp³-hybridized carbons (Fsp3) is 0.778. The molecule has 2 fully saturated rings. The Hall–Kier alpha value is -1.32. The molecule has 2 saturated carbocycles. The molecular weight excluding hydrogens is 280 g/mol. The van der Waals surface area contributed by atoms with Crippen LogP contribution in [0.2, 0.25) is 0 Å². The number of esters is 2. The molecule has 124 valence electrons. The SMILES string of the molecule is CC1CCCCC1OC(=O)/C=C/C(=O)OC1CCCCC1C. The van der Waals surface area contributed by atoms with Crippen LogP contribution in [-0.2, 0) is 19.1 Å². The highest BCUT2D eigenvalue weighted by Gasteiger charge is 2.25. The van der Waals surface area contributed by atoms with E-state index in [4.69, 9.17) is 9.47 Å². The molecular formula is C18H28O4. The Balaban J connectivity index is 1.75. The molecule has 0 aliphatic heterocycles. The molecule has 0 aromatic rings. The number of carbonyl (C=O) groups is 2. The van der Waals surface area contributed by atoms with Crippen LogP contribution in [0.1, 0.15) is 65.2 Å². The minimum Gasteiger partial charge on any atom is -0.459 e. The molecule has 0 saturated heterocycles. The smallest absolute Gasteiger partial charge is 0.331 e. The lowest BCUT2D eigenvalue weighted by atomic mass is 9.88. The minimum absolute atomic E-state index is 0.0136. The Labute approximate surface area is 133 Å². The molecule has 0 radical (unpaired) electrons. The molecule has 0 aromatic carbocycles. The van der Waals surface area contributed by atoms with Gasteiger partial charge in [-0.05, 0) is 50.4 Å². The van der Waals surface area contributed by atoms with Gasteiger partial charge in [0.05, 0.1) is 0 Å². The van der Waals surface area contributed by atoms with E-state index in [0.29, 0.717) is 11.8 Å². The molecule has 4 nitrogen and oxygen atoms in total. The largest absolute Gasteiger partial charge is 0.459 e. The Morgan fingerprint density at radius 2 is 1.09 bits per heavy atom. The van der Waals surface area contributed by atoms with Gasteiger partial charge in [-0.25, -0.2) is 9.59 Å². The molecule has 22 heavy (non-hydrogen) atoms. The van der Waals surface area contributed by atoms with Crippen molar-refractivity contribution in [2.45, 2.75) is 77.4 Å². The predicted octanol–water partition coefficient (Wildman–Crippen LogP) is 3.79. The van der Waals surface area contributed by atoms with E-state index in [0.717, 1.165) is 38.5 Å². The van der Waals surface area contributed by atoms with Gasteiger partial charge in [0.25, 0.3) is 0 Å². The molecule has 0 bridgehead atoms. The first-order valence-corrected chi connectivity index (χ1v) is 8.65. The average Bonchev–Trinajstić information content (AvgIpc) is 2.50. The van der Waals surface area contributed by atoms with Crippen LogP contribution in [0.25, 0.3) is 0 Å². The highest BCUT2D eigenvalue weighted by atomic mass is 16.5. The van der Waals surface area contributed by atoms with Crippen molar-refractivity contribution < 1.29 is 19.1 Å². The summed E-state index contributed by atoms with van der Waals surface area (Å²) in [6.45, 7) is 4.22. The van der Waals surface area contributed by atoms with Crippen molar-refractivity contribution in [2.24, 2.45) is 11.8 Å². The Morgan fingerprint density at radius 3 is 1.45 bits per heavy atom. The second-order valence-electron chi connectivity index (χ2n) is 6.81. The van der Waals surface area contributed by atoms with Crippen LogP contribution in [0.4, 0.5) is 0 Å². The van der Waals surface area contributed by atoms with Crippen molar-refractivity contribution in [1.82, 2.24) is 0 Å². The third-order valence-electron chi connectivity index (χ3n) is 4.96. The van der Waals surface area contributed by atoms with Crippen molar-refractivity contribution in [3.63, 3.8) is 0 Å². The normalized spacial score (nSPS) is 32.6. The van der Waals surface area contributed by atoms with E-state index in [2.05, 4.69) is 13.8 Å². The molecule has 0 heterocycles. The maximum atomic E-state index is 11.8. The summed E-state index contributed by atoms with van der Waals surface area (Å²) in [5.41, 5.74) is 0. The molecule has 2 aliphatic carbocycles. The van der Waals surface area contributed by atoms with Gasteiger partial charge in [0.15, 0.2) is 0 Å². The van der Waals surface area contributed by atoms with E-state index in [1.807, 2.05) is 0 Å². The zero-order chi connectivity index (χ0) is 15.9. The Morgan fingerprint density at radius 1 is 0.727 bits per heavy atom.